The molecule has 1 heterocycles. The summed E-state index contributed by atoms with van der Waals surface area (Å²) in [6, 6.07) is 6.19. The second-order valence-electron chi connectivity index (χ2n) is 4.65. The summed E-state index contributed by atoms with van der Waals surface area (Å²) < 4.78 is 10.6. The average Bonchev–Trinajstić information content (AvgIpc) is 2.59. The van der Waals surface area contributed by atoms with E-state index in [2.05, 4.69) is 5.32 Å². The van der Waals surface area contributed by atoms with Crippen LogP contribution in [0.1, 0.15) is 10.4 Å². The molecule has 0 saturated carbocycles. The molecule has 1 aliphatic rings. The van der Waals surface area contributed by atoms with Gasteiger partial charge in [-0.05, 0) is 24.3 Å². The molecule has 0 spiro atoms. The van der Waals surface area contributed by atoms with E-state index >= 15 is 0 Å². The number of morpholine rings is 1. The summed E-state index contributed by atoms with van der Waals surface area (Å²) in [6.45, 7) is 3.04. The number of rotatable bonds is 5. The van der Waals surface area contributed by atoms with E-state index in [9.17, 15) is 9.59 Å². The van der Waals surface area contributed by atoms with E-state index in [1.807, 2.05) is 0 Å². The van der Waals surface area contributed by atoms with Crippen LogP contribution < -0.4 is 15.5 Å². The lowest BCUT2D eigenvalue weighted by Gasteiger charge is -2.26. The Balaban J connectivity index is 1.67. The Morgan fingerprint density at radius 3 is 2.55 bits per heavy atom. The summed E-state index contributed by atoms with van der Waals surface area (Å²) >= 11 is 0. The average molecular weight is 309 g/mol. The lowest BCUT2D eigenvalue weighted by Crippen LogP contribution is -2.47. The Hall–Kier alpha value is -2.32. The minimum Gasteiger partial charge on any atom is -0.492 e. The largest absolute Gasteiger partial charge is 0.492 e. The van der Waals surface area contributed by atoms with E-state index < -0.39 is 5.91 Å². The molecule has 3 amide bonds. The maximum absolute atomic E-state index is 11.8. The molecule has 120 valence electrons. The van der Waals surface area contributed by atoms with Crippen molar-refractivity contribution in [1.82, 2.24) is 15.7 Å². The quantitative estimate of drug-likeness (QED) is 0.410. The maximum atomic E-state index is 11.8. The number of benzene rings is 1. The summed E-state index contributed by atoms with van der Waals surface area (Å²) in [7, 11) is 0. The van der Waals surface area contributed by atoms with E-state index in [4.69, 9.17) is 14.7 Å². The Kier molecular flexibility index (Phi) is 5.99. The molecule has 1 fully saturated rings. The number of nitrogens with one attached hydrogen (secondary N) is 2. The topological polar surface area (TPSA) is 100 Å². The SMILES string of the molecule is O=C(NO)c1ccc(OCCNC(=O)N2CCOCC2)cc1. The summed E-state index contributed by atoms with van der Waals surface area (Å²) in [5.41, 5.74) is 1.88. The van der Waals surface area contributed by atoms with Crippen molar-refractivity contribution < 1.29 is 24.3 Å². The van der Waals surface area contributed by atoms with Gasteiger partial charge in [-0.1, -0.05) is 0 Å². The standard InChI is InChI=1S/C14H19N3O5/c18-13(16-20)11-1-3-12(4-2-11)22-8-5-15-14(19)17-6-9-21-10-7-17/h1-4,20H,5-10H2,(H,15,19)(H,16,18). The highest BCUT2D eigenvalue weighted by Gasteiger charge is 2.15. The molecule has 8 nitrogen and oxygen atoms in total. The molecule has 3 N–H and O–H groups in total. The van der Waals surface area contributed by atoms with Crippen molar-refractivity contribution in [2.24, 2.45) is 0 Å². The van der Waals surface area contributed by atoms with Crippen LogP contribution in [0, 0.1) is 0 Å². The number of hydrogen-bond donors (Lipinski definition) is 3. The van der Waals surface area contributed by atoms with Crippen molar-refractivity contribution in [1.29, 1.82) is 0 Å². The van der Waals surface area contributed by atoms with Crippen molar-refractivity contribution in [2.45, 2.75) is 0 Å². The first-order valence-corrected chi connectivity index (χ1v) is 6.98. The van der Waals surface area contributed by atoms with Crippen molar-refractivity contribution in [2.75, 3.05) is 39.5 Å². The number of ether oxygens (including phenoxy) is 2. The Bertz CT molecular complexity index is 500. The van der Waals surface area contributed by atoms with Crippen LogP contribution in [0.4, 0.5) is 4.79 Å². The zero-order valence-electron chi connectivity index (χ0n) is 12.1. The molecule has 1 aliphatic heterocycles. The molecule has 0 aliphatic carbocycles. The molecule has 0 radical (unpaired) electrons. The third-order valence-electron chi connectivity index (χ3n) is 3.16. The van der Waals surface area contributed by atoms with Crippen LogP contribution in [0.2, 0.25) is 0 Å². The molecule has 0 aromatic heterocycles. The van der Waals surface area contributed by atoms with Gasteiger partial charge in [0.1, 0.15) is 12.4 Å². The summed E-state index contributed by atoms with van der Waals surface area (Å²) in [5, 5.41) is 11.3. The van der Waals surface area contributed by atoms with Crippen LogP contribution >= 0.6 is 0 Å². The van der Waals surface area contributed by atoms with Gasteiger partial charge in [0.25, 0.3) is 5.91 Å². The second-order valence-corrected chi connectivity index (χ2v) is 4.65. The van der Waals surface area contributed by atoms with Gasteiger partial charge < -0.3 is 19.7 Å². The molecule has 8 heteroatoms. The highest BCUT2D eigenvalue weighted by molar-refractivity contribution is 5.93. The van der Waals surface area contributed by atoms with Gasteiger partial charge in [0.2, 0.25) is 0 Å². The highest BCUT2D eigenvalue weighted by Crippen LogP contribution is 2.11. The summed E-state index contributed by atoms with van der Waals surface area (Å²) in [6.07, 6.45) is 0. The van der Waals surface area contributed by atoms with Crippen LogP contribution in [0.5, 0.6) is 5.75 Å². The van der Waals surface area contributed by atoms with Crippen LogP contribution in [0.3, 0.4) is 0 Å². The molecule has 0 atom stereocenters. The van der Waals surface area contributed by atoms with Crippen LogP contribution in [0.25, 0.3) is 0 Å². The fourth-order valence-electron chi connectivity index (χ4n) is 1.97. The molecule has 1 aromatic carbocycles. The van der Waals surface area contributed by atoms with Gasteiger partial charge in [0.05, 0.1) is 19.8 Å². The van der Waals surface area contributed by atoms with Crippen LogP contribution in [0.15, 0.2) is 24.3 Å². The zero-order valence-corrected chi connectivity index (χ0v) is 12.1. The number of nitrogens with zero attached hydrogens (tertiary/aromatic N) is 1. The minimum absolute atomic E-state index is 0.123. The molecular weight excluding hydrogens is 290 g/mol. The van der Waals surface area contributed by atoms with Crippen molar-refractivity contribution in [3.05, 3.63) is 29.8 Å². The van der Waals surface area contributed by atoms with E-state index in [-0.39, 0.29) is 6.03 Å². The van der Waals surface area contributed by atoms with Gasteiger partial charge in [-0.3, -0.25) is 10.0 Å². The molecule has 0 bridgehead atoms. The predicted octanol–water partition coefficient (Wildman–Crippen LogP) is 0.226. The number of carbonyl (C=O) groups is 2. The van der Waals surface area contributed by atoms with E-state index in [1.54, 1.807) is 22.5 Å². The molecule has 0 unspecified atom stereocenters. The second kappa shape index (κ2) is 8.20. The summed E-state index contributed by atoms with van der Waals surface area (Å²) in [4.78, 5) is 24.6. The molecule has 1 saturated heterocycles. The number of amides is 3. The van der Waals surface area contributed by atoms with Gasteiger partial charge in [-0.15, -0.1) is 0 Å². The first-order chi connectivity index (χ1) is 10.7. The fourth-order valence-corrected chi connectivity index (χ4v) is 1.97. The van der Waals surface area contributed by atoms with E-state index in [0.717, 1.165) is 0 Å². The lowest BCUT2D eigenvalue weighted by molar-refractivity contribution is 0.0530. The Morgan fingerprint density at radius 1 is 1.23 bits per heavy atom. The highest BCUT2D eigenvalue weighted by atomic mass is 16.5. The third-order valence-corrected chi connectivity index (χ3v) is 3.16. The smallest absolute Gasteiger partial charge is 0.317 e. The molecular formula is C14H19N3O5. The fraction of sp³-hybridized carbons (Fsp3) is 0.429. The zero-order chi connectivity index (χ0) is 15.8. The maximum Gasteiger partial charge on any atom is 0.317 e. The Labute approximate surface area is 128 Å². The van der Waals surface area contributed by atoms with E-state index in [1.165, 1.54) is 12.1 Å². The van der Waals surface area contributed by atoms with E-state index in [0.29, 0.717) is 50.8 Å². The van der Waals surface area contributed by atoms with Gasteiger partial charge >= 0.3 is 6.03 Å². The Morgan fingerprint density at radius 2 is 1.91 bits per heavy atom. The minimum atomic E-state index is -0.579. The first-order valence-electron chi connectivity index (χ1n) is 6.98. The molecule has 22 heavy (non-hydrogen) atoms. The summed E-state index contributed by atoms with van der Waals surface area (Å²) in [5.74, 6) is -0.000522. The van der Waals surface area contributed by atoms with Gasteiger partial charge in [-0.25, -0.2) is 10.3 Å². The van der Waals surface area contributed by atoms with Crippen molar-refractivity contribution >= 4 is 11.9 Å². The third kappa shape index (κ3) is 4.61. The van der Waals surface area contributed by atoms with Gasteiger partial charge in [0, 0.05) is 18.7 Å². The lowest BCUT2D eigenvalue weighted by atomic mass is 10.2. The number of hydroxylamine groups is 1. The predicted molar refractivity (Wildman–Crippen MR) is 77.0 cm³/mol. The van der Waals surface area contributed by atoms with Gasteiger partial charge in [0.15, 0.2) is 0 Å². The molecule has 1 aromatic rings. The van der Waals surface area contributed by atoms with Crippen molar-refractivity contribution in [3.63, 3.8) is 0 Å². The number of carbonyl (C=O) groups excluding carboxylic acids is 2. The number of hydrogen-bond acceptors (Lipinski definition) is 5. The monoisotopic (exact) mass is 309 g/mol. The number of urea groups is 1. The molecule has 2 rings (SSSR count). The van der Waals surface area contributed by atoms with Crippen LogP contribution in [-0.2, 0) is 4.74 Å². The normalized spacial score (nSPS) is 14.3. The van der Waals surface area contributed by atoms with Crippen LogP contribution in [-0.4, -0.2) is 61.5 Å². The first kappa shape index (κ1) is 16.1. The van der Waals surface area contributed by atoms with Crippen molar-refractivity contribution in [3.8, 4) is 5.75 Å². The van der Waals surface area contributed by atoms with Gasteiger partial charge in [-0.2, -0.15) is 0 Å².